The molecule has 1 amide bonds. The number of hydrogen-bond donors (Lipinski definition) is 2. The first-order valence-corrected chi connectivity index (χ1v) is 17.8. The number of sulfonamides is 2. The summed E-state index contributed by atoms with van der Waals surface area (Å²) in [6, 6.07) is 7.13. The first-order valence-electron chi connectivity index (χ1n) is 13.5. The highest BCUT2D eigenvalue weighted by Crippen LogP contribution is 2.30. The van der Waals surface area contributed by atoms with E-state index >= 15 is 0 Å². The number of nitrogens with one attached hydrogen (secondary N) is 1. The van der Waals surface area contributed by atoms with Gasteiger partial charge in [0.1, 0.15) is 9.96 Å². The Morgan fingerprint density at radius 2 is 1.93 bits per heavy atom. The van der Waals surface area contributed by atoms with Crippen molar-refractivity contribution in [3.05, 3.63) is 41.3 Å². The molecule has 1 aromatic carbocycles. The lowest BCUT2D eigenvalue weighted by Gasteiger charge is -2.35. The lowest BCUT2D eigenvalue weighted by molar-refractivity contribution is -0.00828. The summed E-state index contributed by atoms with van der Waals surface area (Å²) in [5.41, 5.74) is 0.349. The fourth-order valence-electron chi connectivity index (χ4n) is 4.46. The topological polar surface area (TPSA) is 143 Å². The normalized spacial score (nSPS) is 22.5. The van der Waals surface area contributed by atoms with Crippen molar-refractivity contribution in [2.75, 3.05) is 44.3 Å². The third kappa shape index (κ3) is 9.13. The molecule has 11 nitrogen and oxygen atoms in total. The van der Waals surface area contributed by atoms with E-state index in [0.29, 0.717) is 18.8 Å². The molecule has 14 heteroatoms. The number of anilines is 1. The zero-order chi connectivity index (χ0) is 30.4. The smallest absolute Gasteiger partial charge is 0.271 e. The molecule has 0 saturated carbocycles. The van der Waals surface area contributed by atoms with Crippen LogP contribution in [0.4, 0.5) is 5.69 Å². The number of ether oxygens (including phenoxy) is 2. The molecular formula is C27H41N3O8S3. The van der Waals surface area contributed by atoms with Crippen molar-refractivity contribution < 1.29 is 36.2 Å². The first kappa shape index (κ1) is 33.3. The summed E-state index contributed by atoms with van der Waals surface area (Å²) in [5, 5.41) is 11.7. The van der Waals surface area contributed by atoms with E-state index in [1.807, 2.05) is 13.8 Å². The van der Waals surface area contributed by atoms with Crippen molar-refractivity contribution in [1.29, 1.82) is 0 Å². The Kier molecular flexibility index (Phi) is 11.6. The molecule has 2 N–H and O–H groups in total. The minimum atomic E-state index is -3.86. The molecule has 1 aliphatic heterocycles. The molecule has 0 spiro atoms. The van der Waals surface area contributed by atoms with Crippen LogP contribution in [0.1, 0.15) is 50.4 Å². The maximum Gasteiger partial charge on any atom is 0.271 e. The van der Waals surface area contributed by atoms with Gasteiger partial charge in [-0.3, -0.25) is 9.52 Å². The molecule has 0 fully saturated rings. The molecule has 3 rings (SSSR count). The van der Waals surface area contributed by atoms with Gasteiger partial charge < -0.3 is 19.5 Å². The van der Waals surface area contributed by atoms with Crippen LogP contribution >= 0.6 is 11.3 Å². The number of thiophene rings is 1. The maximum absolute atomic E-state index is 14.1. The minimum absolute atomic E-state index is 0.111. The van der Waals surface area contributed by atoms with Gasteiger partial charge in [0.15, 0.2) is 0 Å². The number of hydrogen-bond acceptors (Lipinski definition) is 9. The second-order valence-electron chi connectivity index (χ2n) is 10.6. The maximum atomic E-state index is 14.1. The summed E-state index contributed by atoms with van der Waals surface area (Å²) in [6.07, 6.45) is 2.60. The number of amides is 1. The van der Waals surface area contributed by atoms with Crippen molar-refractivity contribution in [3.8, 4) is 5.75 Å². The van der Waals surface area contributed by atoms with Crippen LogP contribution in [0.5, 0.6) is 5.75 Å². The van der Waals surface area contributed by atoms with Crippen LogP contribution in [0, 0.1) is 5.92 Å². The highest BCUT2D eigenvalue weighted by Gasteiger charge is 2.31. The van der Waals surface area contributed by atoms with Crippen LogP contribution in [-0.2, 0) is 24.8 Å². The minimum Gasteiger partial charge on any atom is -0.490 e. The summed E-state index contributed by atoms with van der Waals surface area (Å²) in [5.74, 6) is -0.444. The second-order valence-corrected chi connectivity index (χ2v) is 15.5. The lowest BCUT2D eigenvalue weighted by Crippen LogP contribution is -2.47. The molecule has 4 atom stereocenters. The standard InChI is InChI=1S/C27H41N3O8S3/c1-19-16-30(20(2)18-31)27(32)23-15-22(28-41(35,36)26-10-8-14-39-26)11-12-24(23)38-21(3)9-6-7-13-37-25(19)17-29(4)40(5,33)34/h8,10-12,14-15,19-21,25,28,31H,6-7,9,13,16-18H2,1-5H3/t19-,20+,21+,25+/m0/s1. The van der Waals surface area contributed by atoms with Gasteiger partial charge in [-0.1, -0.05) is 13.0 Å². The number of benzene rings is 1. The second kappa shape index (κ2) is 14.3. The largest absolute Gasteiger partial charge is 0.490 e. The molecule has 2 aromatic rings. The third-order valence-electron chi connectivity index (χ3n) is 7.07. The Labute approximate surface area is 247 Å². The number of carbonyl (C=O) groups excluding carboxylic acids is 1. The van der Waals surface area contributed by atoms with Crippen molar-refractivity contribution in [2.45, 2.75) is 62.5 Å². The Morgan fingerprint density at radius 1 is 1.20 bits per heavy atom. The van der Waals surface area contributed by atoms with Crippen molar-refractivity contribution in [1.82, 2.24) is 9.21 Å². The van der Waals surface area contributed by atoms with Gasteiger partial charge in [0.25, 0.3) is 15.9 Å². The molecule has 2 heterocycles. The Balaban J connectivity index is 2.02. The van der Waals surface area contributed by atoms with Crippen molar-refractivity contribution in [3.63, 3.8) is 0 Å². The molecular weight excluding hydrogens is 591 g/mol. The molecule has 0 radical (unpaired) electrons. The van der Waals surface area contributed by atoms with Crippen LogP contribution in [-0.4, -0.2) is 94.9 Å². The highest BCUT2D eigenvalue weighted by atomic mass is 32.2. The van der Waals surface area contributed by atoms with Gasteiger partial charge in [-0.15, -0.1) is 11.3 Å². The van der Waals surface area contributed by atoms with Gasteiger partial charge in [-0.2, -0.15) is 0 Å². The fraction of sp³-hybridized carbons (Fsp3) is 0.593. The summed E-state index contributed by atoms with van der Waals surface area (Å²) < 4.78 is 66.3. The Hall–Kier alpha value is -2.23. The van der Waals surface area contributed by atoms with E-state index in [1.165, 1.54) is 28.4 Å². The number of rotatable bonds is 8. The van der Waals surface area contributed by atoms with Crippen LogP contribution in [0.15, 0.2) is 39.9 Å². The van der Waals surface area contributed by atoms with Crippen LogP contribution in [0.3, 0.4) is 0 Å². The number of aliphatic hydroxyl groups is 1. The molecule has 1 aromatic heterocycles. The number of fused-ring (bicyclic) bond motifs is 1. The molecule has 0 aliphatic carbocycles. The summed E-state index contributed by atoms with van der Waals surface area (Å²) in [7, 11) is -5.82. The van der Waals surface area contributed by atoms with E-state index in [9.17, 15) is 26.7 Å². The summed E-state index contributed by atoms with van der Waals surface area (Å²) in [6.45, 7) is 5.86. The van der Waals surface area contributed by atoms with Gasteiger partial charge in [-0.05, 0) is 62.8 Å². The number of carbonyl (C=O) groups is 1. The monoisotopic (exact) mass is 631 g/mol. The predicted molar refractivity (Wildman–Crippen MR) is 159 cm³/mol. The Morgan fingerprint density at radius 3 is 2.56 bits per heavy atom. The number of aliphatic hydroxyl groups excluding tert-OH is 1. The van der Waals surface area contributed by atoms with Crippen LogP contribution in [0.2, 0.25) is 0 Å². The van der Waals surface area contributed by atoms with Crippen molar-refractivity contribution in [2.24, 2.45) is 5.92 Å². The average molecular weight is 632 g/mol. The van der Waals surface area contributed by atoms with E-state index in [1.54, 1.807) is 30.5 Å². The zero-order valence-electron chi connectivity index (χ0n) is 24.1. The van der Waals surface area contributed by atoms with Crippen LogP contribution in [0.25, 0.3) is 0 Å². The van der Waals surface area contributed by atoms with E-state index in [4.69, 9.17) is 9.47 Å². The summed E-state index contributed by atoms with van der Waals surface area (Å²) >= 11 is 1.08. The first-order chi connectivity index (χ1) is 19.2. The predicted octanol–water partition coefficient (Wildman–Crippen LogP) is 3.24. The quantitative estimate of drug-likeness (QED) is 0.452. The Bertz CT molecular complexity index is 1370. The highest BCUT2D eigenvalue weighted by molar-refractivity contribution is 7.94. The van der Waals surface area contributed by atoms with Gasteiger partial charge in [-0.25, -0.2) is 21.1 Å². The van der Waals surface area contributed by atoms with E-state index in [2.05, 4.69) is 4.72 Å². The lowest BCUT2D eigenvalue weighted by atomic mass is 10.0. The van der Waals surface area contributed by atoms with Gasteiger partial charge in [0.2, 0.25) is 10.0 Å². The van der Waals surface area contributed by atoms with Gasteiger partial charge in [0, 0.05) is 38.3 Å². The van der Waals surface area contributed by atoms with E-state index < -0.39 is 38.1 Å². The zero-order valence-corrected chi connectivity index (χ0v) is 26.6. The molecule has 0 saturated heterocycles. The molecule has 0 unspecified atom stereocenters. The SMILES string of the molecule is C[C@@H]1CCCCO[C@H](CN(C)S(C)(=O)=O)[C@@H](C)CN([C@H](C)CO)C(=O)c2cc(NS(=O)(=O)c3cccs3)ccc2O1. The van der Waals surface area contributed by atoms with Crippen molar-refractivity contribution >= 4 is 43.0 Å². The summed E-state index contributed by atoms with van der Waals surface area (Å²) in [4.78, 5) is 15.6. The van der Waals surface area contributed by atoms with Crippen LogP contribution < -0.4 is 9.46 Å². The van der Waals surface area contributed by atoms with Gasteiger partial charge in [0.05, 0.1) is 36.7 Å². The molecule has 1 aliphatic rings. The van der Waals surface area contributed by atoms with Gasteiger partial charge >= 0.3 is 0 Å². The third-order valence-corrected chi connectivity index (χ3v) is 11.1. The molecule has 0 bridgehead atoms. The van der Waals surface area contributed by atoms with E-state index in [-0.39, 0.29) is 47.2 Å². The number of nitrogens with zero attached hydrogens (tertiary/aromatic N) is 2. The molecule has 41 heavy (non-hydrogen) atoms. The number of likely N-dealkylation sites (N-methyl/N-ethyl adjacent to an activating group) is 1. The fourth-order valence-corrected chi connectivity index (χ4v) is 6.92. The average Bonchev–Trinajstić information content (AvgIpc) is 3.46. The molecule has 230 valence electrons. The van der Waals surface area contributed by atoms with E-state index in [0.717, 1.165) is 30.4 Å².